The Morgan fingerprint density at radius 1 is 1.60 bits per heavy atom. The minimum absolute atomic E-state index is 0.314. The molecule has 4 nitrogen and oxygen atoms in total. The summed E-state index contributed by atoms with van der Waals surface area (Å²) in [5, 5.41) is 3.29. The third-order valence-corrected chi connectivity index (χ3v) is 2.83. The monoisotopic (exact) mass is 205 g/mol. The predicted molar refractivity (Wildman–Crippen MR) is 58.6 cm³/mol. The van der Waals surface area contributed by atoms with Crippen LogP contribution in [0.15, 0.2) is 18.3 Å². The highest BCUT2D eigenvalue weighted by molar-refractivity contribution is 5.91. The van der Waals surface area contributed by atoms with E-state index in [0.717, 1.165) is 18.2 Å². The second kappa shape index (κ2) is 4.29. The number of hydrogen-bond acceptors (Lipinski definition) is 3. The predicted octanol–water partition coefficient (Wildman–Crippen LogP) is 1.39. The van der Waals surface area contributed by atoms with E-state index in [1.807, 2.05) is 6.07 Å². The van der Waals surface area contributed by atoms with Crippen LogP contribution in [0.5, 0.6) is 0 Å². The van der Waals surface area contributed by atoms with E-state index in [1.54, 1.807) is 12.3 Å². The first kappa shape index (κ1) is 9.96. The number of amides is 1. The summed E-state index contributed by atoms with van der Waals surface area (Å²) in [6.45, 7) is 0.974. The van der Waals surface area contributed by atoms with Gasteiger partial charge in [0.05, 0.1) is 0 Å². The van der Waals surface area contributed by atoms with Gasteiger partial charge in [0.1, 0.15) is 5.69 Å². The maximum absolute atomic E-state index is 10.9. The summed E-state index contributed by atoms with van der Waals surface area (Å²) in [5.74, 6) is 0.303. The molecule has 1 aliphatic rings. The van der Waals surface area contributed by atoms with Crippen LogP contribution in [0, 0.1) is 5.92 Å². The number of aromatic nitrogens is 1. The summed E-state index contributed by atoms with van der Waals surface area (Å²) < 4.78 is 0. The van der Waals surface area contributed by atoms with E-state index >= 15 is 0 Å². The van der Waals surface area contributed by atoms with Crippen LogP contribution in [-0.2, 0) is 0 Å². The zero-order valence-corrected chi connectivity index (χ0v) is 8.57. The van der Waals surface area contributed by atoms with Gasteiger partial charge < -0.3 is 11.1 Å². The molecule has 0 bridgehead atoms. The third kappa shape index (κ3) is 2.46. The molecule has 1 heterocycles. The fourth-order valence-corrected chi connectivity index (χ4v) is 1.63. The van der Waals surface area contributed by atoms with Gasteiger partial charge in [-0.2, -0.15) is 0 Å². The summed E-state index contributed by atoms with van der Waals surface area (Å²) in [4.78, 5) is 14.8. The van der Waals surface area contributed by atoms with Crippen molar-refractivity contribution >= 4 is 11.6 Å². The molecule has 2 rings (SSSR count). The first-order chi connectivity index (χ1) is 7.25. The first-order valence-corrected chi connectivity index (χ1v) is 5.25. The topological polar surface area (TPSA) is 68.0 Å². The summed E-state index contributed by atoms with van der Waals surface area (Å²) in [7, 11) is 0. The second-order valence-corrected chi connectivity index (χ2v) is 3.97. The number of nitrogens with two attached hydrogens (primary N) is 1. The van der Waals surface area contributed by atoms with Crippen molar-refractivity contribution < 1.29 is 4.79 Å². The summed E-state index contributed by atoms with van der Waals surface area (Å²) in [6, 6.07) is 3.55. The lowest BCUT2D eigenvalue weighted by Crippen LogP contribution is -2.21. The second-order valence-electron chi connectivity index (χ2n) is 3.97. The van der Waals surface area contributed by atoms with Crippen molar-refractivity contribution in [1.29, 1.82) is 0 Å². The zero-order valence-electron chi connectivity index (χ0n) is 8.57. The maximum Gasteiger partial charge on any atom is 0.267 e. The van der Waals surface area contributed by atoms with Crippen LogP contribution < -0.4 is 11.1 Å². The first-order valence-electron chi connectivity index (χ1n) is 5.25. The van der Waals surface area contributed by atoms with Gasteiger partial charge in [0.15, 0.2) is 0 Å². The fourth-order valence-electron chi connectivity index (χ4n) is 1.63. The summed E-state index contributed by atoms with van der Waals surface area (Å²) >= 11 is 0. The van der Waals surface area contributed by atoms with Crippen LogP contribution >= 0.6 is 0 Å². The Labute approximate surface area is 88.9 Å². The van der Waals surface area contributed by atoms with E-state index in [2.05, 4.69) is 10.3 Å². The largest absolute Gasteiger partial charge is 0.385 e. The van der Waals surface area contributed by atoms with Crippen molar-refractivity contribution in [1.82, 2.24) is 4.98 Å². The van der Waals surface area contributed by atoms with Crippen molar-refractivity contribution in [2.45, 2.75) is 19.3 Å². The molecule has 1 fully saturated rings. The molecule has 15 heavy (non-hydrogen) atoms. The molecule has 1 amide bonds. The van der Waals surface area contributed by atoms with E-state index in [-0.39, 0.29) is 0 Å². The van der Waals surface area contributed by atoms with Gasteiger partial charge in [0.2, 0.25) is 0 Å². The van der Waals surface area contributed by atoms with Crippen LogP contribution in [-0.4, -0.2) is 17.4 Å². The Bertz CT molecular complexity index is 361. The number of anilines is 1. The van der Waals surface area contributed by atoms with E-state index in [9.17, 15) is 4.79 Å². The molecule has 80 valence electrons. The zero-order chi connectivity index (χ0) is 10.7. The molecule has 0 radical (unpaired) electrons. The van der Waals surface area contributed by atoms with E-state index < -0.39 is 5.91 Å². The highest BCUT2D eigenvalue weighted by Crippen LogP contribution is 2.26. The summed E-state index contributed by atoms with van der Waals surface area (Å²) in [6.07, 6.45) is 5.56. The Morgan fingerprint density at radius 2 is 2.40 bits per heavy atom. The Balaban J connectivity index is 1.94. The molecule has 1 aromatic rings. The number of pyridine rings is 1. The highest BCUT2D eigenvalue weighted by Gasteiger charge is 2.16. The molecular weight excluding hydrogens is 190 g/mol. The lowest BCUT2D eigenvalue weighted by Gasteiger charge is -2.25. The number of primary amides is 1. The fraction of sp³-hybridized carbons (Fsp3) is 0.455. The molecule has 4 heteroatoms. The van der Waals surface area contributed by atoms with Gasteiger partial charge in [-0.15, -0.1) is 0 Å². The van der Waals surface area contributed by atoms with Gasteiger partial charge in [0.25, 0.3) is 5.91 Å². The van der Waals surface area contributed by atoms with Gasteiger partial charge in [-0.3, -0.25) is 9.78 Å². The molecule has 0 aliphatic heterocycles. The van der Waals surface area contributed by atoms with Crippen LogP contribution in [0.2, 0.25) is 0 Å². The van der Waals surface area contributed by atoms with Crippen LogP contribution in [0.4, 0.5) is 5.69 Å². The average molecular weight is 205 g/mol. The molecule has 3 N–H and O–H groups in total. The Hall–Kier alpha value is -1.58. The van der Waals surface area contributed by atoms with E-state index in [1.165, 1.54) is 19.3 Å². The normalized spacial score (nSPS) is 15.7. The molecule has 0 spiro atoms. The molecule has 0 atom stereocenters. The van der Waals surface area contributed by atoms with Crippen molar-refractivity contribution in [2.75, 3.05) is 11.9 Å². The molecule has 1 saturated carbocycles. The van der Waals surface area contributed by atoms with Gasteiger partial charge in [0, 0.05) is 18.4 Å². The van der Waals surface area contributed by atoms with Crippen molar-refractivity contribution in [3.63, 3.8) is 0 Å². The van der Waals surface area contributed by atoms with Crippen LogP contribution in [0.25, 0.3) is 0 Å². The van der Waals surface area contributed by atoms with E-state index in [0.29, 0.717) is 5.69 Å². The van der Waals surface area contributed by atoms with Gasteiger partial charge in [-0.25, -0.2) is 0 Å². The third-order valence-electron chi connectivity index (χ3n) is 2.83. The van der Waals surface area contributed by atoms with Crippen LogP contribution in [0.3, 0.4) is 0 Å². The Kier molecular flexibility index (Phi) is 2.85. The van der Waals surface area contributed by atoms with Gasteiger partial charge in [-0.1, -0.05) is 6.42 Å². The van der Waals surface area contributed by atoms with Crippen LogP contribution in [0.1, 0.15) is 29.8 Å². The number of rotatable bonds is 4. The molecule has 0 unspecified atom stereocenters. The van der Waals surface area contributed by atoms with Crippen molar-refractivity contribution in [2.24, 2.45) is 11.7 Å². The summed E-state index contributed by atoms with van der Waals surface area (Å²) in [5.41, 5.74) is 6.38. The average Bonchev–Trinajstić information content (AvgIpc) is 2.16. The smallest absolute Gasteiger partial charge is 0.267 e. The highest BCUT2D eigenvalue weighted by atomic mass is 16.1. The lowest BCUT2D eigenvalue weighted by atomic mass is 9.85. The van der Waals surface area contributed by atoms with E-state index in [4.69, 9.17) is 5.73 Å². The Morgan fingerprint density at radius 3 is 3.00 bits per heavy atom. The van der Waals surface area contributed by atoms with Crippen molar-refractivity contribution in [3.8, 4) is 0 Å². The minimum Gasteiger partial charge on any atom is -0.385 e. The maximum atomic E-state index is 10.9. The molecule has 1 aliphatic carbocycles. The van der Waals surface area contributed by atoms with Crippen molar-refractivity contribution in [3.05, 3.63) is 24.0 Å². The number of nitrogens with zero attached hydrogens (tertiary/aromatic N) is 1. The number of hydrogen-bond donors (Lipinski definition) is 2. The molecule has 0 saturated heterocycles. The van der Waals surface area contributed by atoms with Gasteiger partial charge >= 0.3 is 0 Å². The number of carbonyl (C=O) groups excluding carboxylic acids is 1. The number of nitrogens with one attached hydrogen (secondary N) is 1. The standard InChI is InChI=1S/C11H15N3O/c12-11(15)10-6-9(4-5-13-10)14-7-8-2-1-3-8/h4-6,8H,1-3,7H2,(H2,12,15)(H,13,14). The number of carbonyl (C=O) groups is 1. The molecular formula is C11H15N3O. The molecule has 1 aromatic heterocycles. The quantitative estimate of drug-likeness (QED) is 0.780. The minimum atomic E-state index is -0.484. The lowest BCUT2D eigenvalue weighted by molar-refractivity contribution is 0.0995. The SMILES string of the molecule is NC(=O)c1cc(NCC2CCC2)ccn1. The molecule has 0 aromatic carbocycles. The van der Waals surface area contributed by atoms with Gasteiger partial charge in [-0.05, 0) is 30.9 Å².